The number of nitrogens with one attached hydrogen (secondary N) is 1. The van der Waals surface area contributed by atoms with Gasteiger partial charge in [0.15, 0.2) is 0 Å². The van der Waals surface area contributed by atoms with Crippen molar-refractivity contribution in [3.8, 4) is 0 Å². The van der Waals surface area contributed by atoms with Gasteiger partial charge in [-0.15, -0.1) is 0 Å². The van der Waals surface area contributed by atoms with Crippen molar-refractivity contribution in [3.63, 3.8) is 0 Å². The molecule has 1 aliphatic rings. The van der Waals surface area contributed by atoms with Crippen LogP contribution in [0, 0.1) is 11.3 Å². The maximum atomic E-state index is 5.55. The van der Waals surface area contributed by atoms with Gasteiger partial charge in [0.05, 0.1) is 6.10 Å². The fourth-order valence-electron chi connectivity index (χ4n) is 2.36. The highest BCUT2D eigenvalue weighted by Gasteiger charge is 2.25. The van der Waals surface area contributed by atoms with Gasteiger partial charge in [-0.05, 0) is 24.7 Å². The zero-order chi connectivity index (χ0) is 12.2. The fraction of sp³-hybridized carbons (Fsp3) is 1.00. The third-order valence-electron chi connectivity index (χ3n) is 3.81. The highest BCUT2D eigenvalue weighted by atomic mass is 16.5. The van der Waals surface area contributed by atoms with E-state index in [0.29, 0.717) is 12.1 Å². The molecule has 0 aromatic carbocycles. The summed E-state index contributed by atoms with van der Waals surface area (Å²) in [7, 11) is 1.81. The van der Waals surface area contributed by atoms with Crippen LogP contribution in [-0.2, 0) is 4.74 Å². The summed E-state index contributed by atoms with van der Waals surface area (Å²) in [6, 6.07) is 0.630. The minimum absolute atomic E-state index is 0.220. The SMILES string of the molecule is COC(CNC(C)CC1CCC1)C(C)(C)C. The summed E-state index contributed by atoms with van der Waals surface area (Å²) in [5.41, 5.74) is 0.220. The van der Waals surface area contributed by atoms with Crippen LogP contribution in [0.1, 0.15) is 53.4 Å². The molecule has 0 aliphatic heterocycles. The second-order valence-electron chi connectivity index (χ2n) is 6.43. The summed E-state index contributed by atoms with van der Waals surface area (Å²) in [6.07, 6.45) is 5.97. The van der Waals surface area contributed by atoms with Crippen molar-refractivity contribution in [2.24, 2.45) is 11.3 Å². The molecule has 2 atom stereocenters. The van der Waals surface area contributed by atoms with E-state index in [4.69, 9.17) is 4.74 Å². The number of ether oxygens (including phenoxy) is 1. The average molecular weight is 227 g/mol. The van der Waals surface area contributed by atoms with Crippen LogP contribution >= 0.6 is 0 Å². The zero-order valence-corrected chi connectivity index (χ0v) is 11.7. The molecule has 2 nitrogen and oxygen atoms in total. The van der Waals surface area contributed by atoms with Crippen molar-refractivity contribution in [1.82, 2.24) is 5.32 Å². The Labute approximate surface area is 101 Å². The van der Waals surface area contributed by atoms with E-state index in [-0.39, 0.29) is 5.41 Å². The Morgan fingerprint density at radius 1 is 1.31 bits per heavy atom. The molecule has 1 fully saturated rings. The first-order valence-corrected chi connectivity index (χ1v) is 6.69. The Kier molecular flexibility index (Phi) is 5.26. The van der Waals surface area contributed by atoms with Crippen LogP contribution in [-0.4, -0.2) is 25.8 Å². The van der Waals surface area contributed by atoms with Crippen LogP contribution in [0.5, 0.6) is 0 Å². The standard InChI is InChI=1S/C14H29NO/c1-11(9-12-7-6-8-12)15-10-13(16-5)14(2,3)4/h11-13,15H,6-10H2,1-5H3. The normalized spacial score (nSPS) is 21.6. The Balaban J connectivity index is 2.20. The van der Waals surface area contributed by atoms with Gasteiger partial charge in [-0.25, -0.2) is 0 Å². The number of hydrogen-bond acceptors (Lipinski definition) is 2. The summed E-state index contributed by atoms with van der Waals surface area (Å²) in [4.78, 5) is 0. The molecular formula is C14H29NO. The lowest BCUT2D eigenvalue weighted by Crippen LogP contribution is -2.42. The van der Waals surface area contributed by atoms with Gasteiger partial charge in [-0.2, -0.15) is 0 Å². The molecule has 2 unspecified atom stereocenters. The van der Waals surface area contributed by atoms with E-state index in [1.807, 2.05) is 7.11 Å². The Morgan fingerprint density at radius 2 is 1.94 bits per heavy atom. The third-order valence-corrected chi connectivity index (χ3v) is 3.81. The number of hydrogen-bond donors (Lipinski definition) is 1. The minimum Gasteiger partial charge on any atom is -0.380 e. The molecule has 1 N–H and O–H groups in total. The number of rotatable bonds is 6. The average Bonchev–Trinajstić information content (AvgIpc) is 2.10. The van der Waals surface area contributed by atoms with Gasteiger partial charge in [0.1, 0.15) is 0 Å². The fourth-order valence-corrected chi connectivity index (χ4v) is 2.36. The maximum absolute atomic E-state index is 5.55. The van der Waals surface area contributed by atoms with Gasteiger partial charge in [0.25, 0.3) is 0 Å². The molecule has 2 heteroatoms. The lowest BCUT2D eigenvalue weighted by Gasteiger charge is -2.32. The smallest absolute Gasteiger partial charge is 0.0743 e. The molecule has 16 heavy (non-hydrogen) atoms. The molecule has 0 aromatic heterocycles. The van der Waals surface area contributed by atoms with Gasteiger partial charge in [0.2, 0.25) is 0 Å². The summed E-state index contributed by atoms with van der Waals surface area (Å²) < 4.78 is 5.55. The van der Waals surface area contributed by atoms with Crippen LogP contribution in [0.15, 0.2) is 0 Å². The topological polar surface area (TPSA) is 21.3 Å². The number of methoxy groups -OCH3 is 1. The van der Waals surface area contributed by atoms with E-state index in [1.165, 1.54) is 25.7 Å². The molecule has 0 bridgehead atoms. The molecule has 0 spiro atoms. The van der Waals surface area contributed by atoms with Crippen LogP contribution in [0.3, 0.4) is 0 Å². The van der Waals surface area contributed by atoms with Crippen LogP contribution in [0.2, 0.25) is 0 Å². The Bertz CT molecular complexity index is 193. The van der Waals surface area contributed by atoms with Crippen LogP contribution in [0.25, 0.3) is 0 Å². The second kappa shape index (κ2) is 6.02. The van der Waals surface area contributed by atoms with Crippen molar-refractivity contribution in [3.05, 3.63) is 0 Å². The van der Waals surface area contributed by atoms with Crippen molar-refractivity contribution in [2.45, 2.75) is 65.5 Å². The highest BCUT2D eigenvalue weighted by Crippen LogP contribution is 2.30. The van der Waals surface area contributed by atoms with E-state index in [0.717, 1.165) is 12.5 Å². The molecule has 0 amide bonds. The summed E-state index contributed by atoms with van der Waals surface area (Å²) in [5.74, 6) is 0.984. The lowest BCUT2D eigenvalue weighted by molar-refractivity contribution is 0.0152. The van der Waals surface area contributed by atoms with Crippen molar-refractivity contribution < 1.29 is 4.74 Å². The largest absolute Gasteiger partial charge is 0.380 e. The Morgan fingerprint density at radius 3 is 2.31 bits per heavy atom. The first-order chi connectivity index (χ1) is 7.43. The zero-order valence-electron chi connectivity index (χ0n) is 11.7. The van der Waals surface area contributed by atoms with Gasteiger partial charge in [-0.1, -0.05) is 40.0 Å². The lowest BCUT2D eigenvalue weighted by atomic mass is 9.81. The van der Waals surface area contributed by atoms with Crippen LogP contribution in [0.4, 0.5) is 0 Å². The predicted octanol–water partition coefficient (Wildman–Crippen LogP) is 3.22. The van der Waals surface area contributed by atoms with E-state index < -0.39 is 0 Å². The van der Waals surface area contributed by atoms with E-state index in [1.54, 1.807) is 0 Å². The molecule has 1 aliphatic carbocycles. The molecule has 0 heterocycles. The molecule has 0 radical (unpaired) electrons. The predicted molar refractivity (Wildman–Crippen MR) is 69.7 cm³/mol. The van der Waals surface area contributed by atoms with Crippen molar-refractivity contribution in [1.29, 1.82) is 0 Å². The monoisotopic (exact) mass is 227 g/mol. The molecular weight excluding hydrogens is 198 g/mol. The van der Waals surface area contributed by atoms with E-state index >= 15 is 0 Å². The maximum Gasteiger partial charge on any atom is 0.0743 e. The van der Waals surface area contributed by atoms with Crippen molar-refractivity contribution in [2.75, 3.05) is 13.7 Å². The van der Waals surface area contributed by atoms with Gasteiger partial charge in [-0.3, -0.25) is 0 Å². The quantitative estimate of drug-likeness (QED) is 0.752. The third kappa shape index (κ3) is 4.42. The second-order valence-corrected chi connectivity index (χ2v) is 6.43. The van der Waals surface area contributed by atoms with E-state index in [9.17, 15) is 0 Å². The minimum atomic E-state index is 0.220. The molecule has 1 rings (SSSR count). The highest BCUT2D eigenvalue weighted by molar-refractivity contribution is 4.80. The van der Waals surface area contributed by atoms with Crippen molar-refractivity contribution >= 4 is 0 Å². The Hall–Kier alpha value is -0.0800. The summed E-state index contributed by atoms with van der Waals surface area (Å²) in [5, 5.41) is 3.61. The van der Waals surface area contributed by atoms with Gasteiger partial charge >= 0.3 is 0 Å². The van der Waals surface area contributed by atoms with Crippen LogP contribution < -0.4 is 5.32 Å². The summed E-state index contributed by atoms with van der Waals surface area (Å²) >= 11 is 0. The molecule has 96 valence electrons. The van der Waals surface area contributed by atoms with Gasteiger partial charge < -0.3 is 10.1 Å². The molecule has 0 aromatic rings. The van der Waals surface area contributed by atoms with Gasteiger partial charge in [0, 0.05) is 19.7 Å². The first-order valence-electron chi connectivity index (χ1n) is 6.69. The molecule has 0 saturated heterocycles. The summed E-state index contributed by atoms with van der Waals surface area (Å²) in [6.45, 7) is 9.97. The van der Waals surface area contributed by atoms with E-state index in [2.05, 4.69) is 33.0 Å². The first kappa shape index (κ1) is 14.0. The molecule has 1 saturated carbocycles.